The molecule has 0 unspecified atom stereocenters. The third-order valence-electron chi connectivity index (χ3n) is 5.08. The number of anilines is 2. The van der Waals surface area contributed by atoms with Crippen molar-refractivity contribution in [1.82, 2.24) is 29.8 Å². The molecule has 182 valence electrons. The van der Waals surface area contributed by atoms with Crippen LogP contribution in [0.15, 0.2) is 39.0 Å². The van der Waals surface area contributed by atoms with Gasteiger partial charge in [0.25, 0.3) is 5.56 Å². The number of hydrogen-bond donors (Lipinski definition) is 2. The molecule has 0 saturated carbocycles. The molecule has 3 aromatic rings. The van der Waals surface area contributed by atoms with Crippen LogP contribution in [-0.4, -0.2) is 61.7 Å². The summed E-state index contributed by atoms with van der Waals surface area (Å²) in [5, 5.41) is 12.1. The maximum Gasteiger partial charge on any atom is 0.330 e. The van der Waals surface area contributed by atoms with E-state index in [1.807, 2.05) is 38.1 Å². The van der Waals surface area contributed by atoms with E-state index in [1.165, 1.54) is 21.3 Å². The zero-order chi connectivity index (χ0) is 24.7. The molecule has 2 aromatic heterocycles. The van der Waals surface area contributed by atoms with Gasteiger partial charge in [-0.1, -0.05) is 42.8 Å². The molecule has 0 aliphatic carbocycles. The van der Waals surface area contributed by atoms with Crippen LogP contribution >= 0.6 is 11.8 Å². The predicted molar refractivity (Wildman–Crippen MR) is 129 cm³/mol. The number of thioether (sulfide) groups is 1. The number of aromatic amines is 1. The molecular formula is C21H28N8O4S. The number of aromatic nitrogens is 6. The Morgan fingerprint density at radius 3 is 2.68 bits per heavy atom. The third kappa shape index (κ3) is 5.72. The Hall–Kier alpha value is -3.45. The van der Waals surface area contributed by atoms with Crippen LogP contribution in [-0.2, 0) is 16.1 Å². The molecule has 3 rings (SSSR count). The van der Waals surface area contributed by atoms with Crippen molar-refractivity contribution in [2.75, 3.05) is 36.6 Å². The molecule has 3 N–H and O–H groups in total. The summed E-state index contributed by atoms with van der Waals surface area (Å²) < 4.78 is 7.93. The Kier molecular flexibility index (Phi) is 8.60. The van der Waals surface area contributed by atoms with Crippen molar-refractivity contribution in [3.05, 3.63) is 50.7 Å². The minimum Gasteiger partial charge on any atom is -0.383 e. The van der Waals surface area contributed by atoms with Crippen LogP contribution in [0.1, 0.15) is 25.3 Å². The fourth-order valence-electron chi connectivity index (χ4n) is 3.24. The van der Waals surface area contributed by atoms with E-state index in [0.717, 1.165) is 29.4 Å². The first-order chi connectivity index (χ1) is 16.4. The van der Waals surface area contributed by atoms with Crippen LogP contribution in [0.4, 0.5) is 11.5 Å². The summed E-state index contributed by atoms with van der Waals surface area (Å²) in [5.74, 6) is -0.525. The molecule has 2 heterocycles. The number of tetrazole rings is 1. The quantitative estimate of drug-likeness (QED) is 0.376. The van der Waals surface area contributed by atoms with Crippen molar-refractivity contribution >= 4 is 29.2 Å². The van der Waals surface area contributed by atoms with Gasteiger partial charge in [0.2, 0.25) is 11.1 Å². The molecule has 0 aliphatic rings. The molecule has 0 spiro atoms. The molecule has 0 bridgehead atoms. The van der Waals surface area contributed by atoms with Gasteiger partial charge in [-0.05, 0) is 35.9 Å². The van der Waals surface area contributed by atoms with Crippen LogP contribution in [0.3, 0.4) is 0 Å². The van der Waals surface area contributed by atoms with Gasteiger partial charge in [0.05, 0.1) is 18.0 Å². The molecule has 1 amide bonds. The van der Waals surface area contributed by atoms with E-state index >= 15 is 0 Å². The average Bonchev–Trinajstić information content (AvgIpc) is 3.28. The summed E-state index contributed by atoms with van der Waals surface area (Å²) in [6.45, 7) is 4.54. The van der Waals surface area contributed by atoms with Gasteiger partial charge in [0.1, 0.15) is 5.82 Å². The molecule has 0 fully saturated rings. The van der Waals surface area contributed by atoms with Gasteiger partial charge < -0.3 is 15.4 Å². The van der Waals surface area contributed by atoms with Gasteiger partial charge in [0, 0.05) is 20.2 Å². The molecule has 12 nitrogen and oxygen atoms in total. The lowest BCUT2D eigenvalue weighted by molar-refractivity contribution is -0.116. The molecule has 1 aromatic carbocycles. The number of rotatable bonds is 11. The van der Waals surface area contributed by atoms with Crippen molar-refractivity contribution in [3.8, 4) is 5.69 Å². The Labute approximate surface area is 200 Å². The second-order valence-electron chi connectivity index (χ2n) is 7.53. The topological polar surface area (TPSA) is 154 Å². The fourth-order valence-corrected chi connectivity index (χ4v) is 4.01. The lowest BCUT2D eigenvalue weighted by atomic mass is 10.2. The first-order valence-electron chi connectivity index (χ1n) is 10.8. The zero-order valence-corrected chi connectivity index (χ0v) is 20.2. The Morgan fingerprint density at radius 1 is 1.26 bits per heavy atom. The van der Waals surface area contributed by atoms with Crippen molar-refractivity contribution in [2.45, 2.75) is 38.4 Å². The molecule has 0 atom stereocenters. The molecule has 34 heavy (non-hydrogen) atoms. The number of carbonyl (C=O) groups is 1. The number of hydrogen-bond acceptors (Lipinski definition) is 9. The summed E-state index contributed by atoms with van der Waals surface area (Å²) >= 11 is 1.12. The van der Waals surface area contributed by atoms with E-state index in [4.69, 9.17) is 10.5 Å². The first kappa shape index (κ1) is 25.2. The fraction of sp³-hybridized carbons (Fsp3) is 0.429. The molecule has 0 radical (unpaired) electrons. The highest BCUT2D eigenvalue weighted by Crippen LogP contribution is 2.22. The number of aryl methyl sites for hydroxylation is 1. The monoisotopic (exact) mass is 488 g/mol. The second-order valence-corrected chi connectivity index (χ2v) is 8.48. The number of nitrogen functional groups attached to an aromatic ring is 1. The smallest absolute Gasteiger partial charge is 0.330 e. The SMILES string of the molecule is CCCCn1c(N)c(N(CCOC)C(=O)CSc2nnnn2-c2ccc(C)cc2)c(=O)[nH]c1=O. The van der Waals surface area contributed by atoms with Gasteiger partial charge in [0.15, 0.2) is 5.69 Å². The number of ether oxygens (including phenoxy) is 1. The second kappa shape index (κ2) is 11.6. The standard InChI is InChI=1S/C21H28N8O4S/c1-4-5-10-28-18(22)17(19(31)23-20(28)32)27(11-12-33-3)16(30)13-34-21-24-25-26-29(21)15-8-6-14(2)7-9-15/h6-9H,4-5,10-13,22H2,1-3H3,(H,23,31,32). The van der Waals surface area contributed by atoms with Crippen LogP contribution in [0, 0.1) is 6.92 Å². The number of methoxy groups -OCH3 is 1. The summed E-state index contributed by atoms with van der Waals surface area (Å²) in [5.41, 5.74) is 6.65. The number of benzene rings is 1. The average molecular weight is 489 g/mol. The molecule has 0 aliphatic heterocycles. The number of nitrogens with two attached hydrogens (primary N) is 1. The largest absolute Gasteiger partial charge is 0.383 e. The number of H-pyrrole nitrogens is 1. The van der Waals surface area contributed by atoms with Crippen molar-refractivity contribution in [3.63, 3.8) is 0 Å². The lowest BCUT2D eigenvalue weighted by Crippen LogP contribution is -2.43. The first-order valence-corrected chi connectivity index (χ1v) is 11.8. The Morgan fingerprint density at radius 2 is 2.00 bits per heavy atom. The number of amides is 1. The summed E-state index contributed by atoms with van der Waals surface area (Å²) in [4.78, 5) is 41.7. The minimum atomic E-state index is -0.728. The maximum atomic E-state index is 13.2. The highest BCUT2D eigenvalue weighted by atomic mass is 32.2. The van der Waals surface area contributed by atoms with Crippen LogP contribution in [0.5, 0.6) is 0 Å². The summed E-state index contributed by atoms with van der Waals surface area (Å²) in [6, 6.07) is 7.63. The third-order valence-corrected chi connectivity index (χ3v) is 5.99. The Balaban J connectivity index is 1.87. The van der Waals surface area contributed by atoms with Crippen molar-refractivity contribution < 1.29 is 9.53 Å². The zero-order valence-electron chi connectivity index (χ0n) is 19.4. The van der Waals surface area contributed by atoms with E-state index < -0.39 is 17.2 Å². The van der Waals surface area contributed by atoms with Gasteiger partial charge in [-0.25, -0.2) is 4.79 Å². The highest BCUT2D eigenvalue weighted by Gasteiger charge is 2.25. The van der Waals surface area contributed by atoms with Crippen molar-refractivity contribution in [1.29, 1.82) is 0 Å². The normalized spacial score (nSPS) is 11.0. The minimum absolute atomic E-state index is 0.0545. The van der Waals surface area contributed by atoms with Crippen LogP contribution in [0.25, 0.3) is 5.69 Å². The van der Waals surface area contributed by atoms with E-state index in [1.54, 1.807) is 0 Å². The van der Waals surface area contributed by atoms with Gasteiger partial charge in [-0.15, -0.1) is 5.10 Å². The summed E-state index contributed by atoms with van der Waals surface area (Å²) in [6.07, 6.45) is 1.53. The van der Waals surface area contributed by atoms with Crippen LogP contribution in [0.2, 0.25) is 0 Å². The van der Waals surface area contributed by atoms with Crippen LogP contribution < -0.4 is 21.9 Å². The maximum absolute atomic E-state index is 13.2. The predicted octanol–water partition coefficient (Wildman–Crippen LogP) is 0.975. The summed E-state index contributed by atoms with van der Waals surface area (Å²) in [7, 11) is 1.49. The highest BCUT2D eigenvalue weighted by molar-refractivity contribution is 7.99. The lowest BCUT2D eigenvalue weighted by Gasteiger charge is -2.24. The van der Waals surface area contributed by atoms with E-state index in [2.05, 4.69) is 20.5 Å². The number of carbonyl (C=O) groups excluding carboxylic acids is 1. The number of nitrogens with zero attached hydrogens (tertiary/aromatic N) is 6. The molecule has 0 saturated heterocycles. The Bertz CT molecular complexity index is 1230. The van der Waals surface area contributed by atoms with E-state index in [-0.39, 0.29) is 30.4 Å². The van der Waals surface area contributed by atoms with E-state index in [9.17, 15) is 14.4 Å². The molecular weight excluding hydrogens is 460 g/mol. The van der Waals surface area contributed by atoms with Gasteiger partial charge in [-0.3, -0.25) is 19.1 Å². The number of nitrogens with one attached hydrogen (secondary N) is 1. The van der Waals surface area contributed by atoms with E-state index in [0.29, 0.717) is 18.1 Å². The number of unbranched alkanes of at least 4 members (excludes halogenated alkanes) is 1. The van der Waals surface area contributed by atoms with Crippen molar-refractivity contribution in [2.24, 2.45) is 0 Å². The van der Waals surface area contributed by atoms with Gasteiger partial charge in [-0.2, -0.15) is 4.68 Å². The van der Waals surface area contributed by atoms with Gasteiger partial charge >= 0.3 is 5.69 Å². The molecule has 13 heteroatoms.